The van der Waals surface area contributed by atoms with Gasteiger partial charge in [-0.1, -0.05) is 6.92 Å². The maximum absolute atomic E-state index is 5.83. The molecule has 4 rings (SSSR count). The summed E-state index contributed by atoms with van der Waals surface area (Å²) >= 11 is 0. The van der Waals surface area contributed by atoms with E-state index >= 15 is 0 Å². The van der Waals surface area contributed by atoms with Crippen LogP contribution in [0.25, 0.3) is 11.2 Å². The van der Waals surface area contributed by atoms with Crippen molar-refractivity contribution in [2.24, 2.45) is 5.92 Å². The van der Waals surface area contributed by atoms with Gasteiger partial charge in [0.25, 0.3) is 6.01 Å². The third-order valence-electron chi connectivity index (χ3n) is 4.41. The van der Waals surface area contributed by atoms with Crippen molar-refractivity contribution in [2.75, 3.05) is 32.5 Å². The van der Waals surface area contributed by atoms with E-state index in [4.69, 9.17) is 15.2 Å². The molecule has 3 N–H and O–H groups in total. The number of ether oxygens (including phenoxy) is 2. The number of epoxide rings is 1. The summed E-state index contributed by atoms with van der Waals surface area (Å²) < 4.78 is 12.2. The smallest absolute Gasteiger partial charge is 0.298 e. The number of rotatable bonds is 4. The summed E-state index contributed by atoms with van der Waals surface area (Å²) in [5.41, 5.74) is 7.19. The van der Waals surface area contributed by atoms with Crippen LogP contribution in [0.4, 0.5) is 5.82 Å². The van der Waals surface area contributed by atoms with E-state index in [-0.39, 0.29) is 0 Å². The van der Waals surface area contributed by atoms with E-state index in [0.29, 0.717) is 29.4 Å². The Balaban J connectivity index is 0.000000290. The maximum atomic E-state index is 5.83. The van der Waals surface area contributed by atoms with Gasteiger partial charge >= 0.3 is 0 Å². The van der Waals surface area contributed by atoms with E-state index in [1.807, 2.05) is 4.57 Å². The molecule has 2 saturated heterocycles. The van der Waals surface area contributed by atoms with E-state index in [1.165, 1.54) is 25.6 Å². The molecule has 4 heterocycles. The molecule has 132 valence electrons. The predicted octanol–water partition coefficient (Wildman–Crippen LogP) is 1.21. The number of imidazole rings is 1. The largest absolute Gasteiger partial charge is 0.468 e. The minimum Gasteiger partial charge on any atom is -0.468 e. The summed E-state index contributed by atoms with van der Waals surface area (Å²) in [5.74, 6) is 0.958. The van der Waals surface area contributed by atoms with Gasteiger partial charge in [-0.2, -0.15) is 4.98 Å². The molecule has 0 bridgehead atoms. The van der Waals surface area contributed by atoms with Crippen LogP contribution < -0.4 is 15.8 Å². The molecule has 2 aliphatic heterocycles. The highest BCUT2D eigenvalue weighted by Gasteiger charge is 2.20. The monoisotopic (exact) mass is 334 g/mol. The molecule has 2 atom stereocenters. The second-order valence-corrected chi connectivity index (χ2v) is 6.22. The average molecular weight is 334 g/mol. The zero-order valence-corrected chi connectivity index (χ0v) is 14.4. The normalized spacial score (nSPS) is 22.8. The number of fused-ring (bicyclic) bond motifs is 1. The van der Waals surface area contributed by atoms with Gasteiger partial charge in [-0.3, -0.25) is 4.57 Å². The molecular formula is C16H26N6O2. The first kappa shape index (κ1) is 16.9. The van der Waals surface area contributed by atoms with Crippen LogP contribution in [0.15, 0.2) is 6.33 Å². The summed E-state index contributed by atoms with van der Waals surface area (Å²) in [6, 6.07) is 0.549. The molecule has 8 nitrogen and oxygen atoms in total. The summed E-state index contributed by atoms with van der Waals surface area (Å²) in [6.45, 7) is 6.11. The molecule has 8 heteroatoms. The fourth-order valence-corrected chi connectivity index (χ4v) is 2.90. The van der Waals surface area contributed by atoms with E-state index in [0.717, 1.165) is 31.9 Å². The number of hydrogen-bond acceptors (Lipinski definition) is 7. The average Bonchev–Trinajstić information content (AvgIpc) is 3.39. The fourth-order valence-electron chi connectivity index (χ4n) is 2.90. The Morgan fingerprint density at radius 2 is 2.29 bits per heavy atom. The van der Waals surface area contributed by atoms with Gasteiger partial charge in [-0.25, -0.2) is 9.97 Å². The topological polar surface area (TPSA) is 103 Å². The molecule has 2 fully saturated rings. The Morgan fingerprint density at radius 3 is 2.88 bits per heavy atom. The van der Waals surface area contributed by atoms with Crippen LogP contribution in [0.3, 0.4) is 0 Å². The zero-order chi connectivity index (χ0) is 16.9. The van der Waals surface area contributed by atoms with Crippen LogP contribution in [0, 0.1) is 5.92 Å². The van der Waals surface area contributed by atoms with Crippen LogP contribution in [0.1, 0.15) is 26.2 Å². The van der Waals surface area contributed by atoms with Crippen LogP contribution in [0.5, 0.6) is 6.01 Å². The summed E-state index contributed by atoms with van der Waals surface area (Å²) in [4.78, 5) is 12.6. The van der Waals surface area contributed by atoms with Crippen molar-refractivity contribution in [2.45, 2.75) is 38.8 Å². The van der Waals surface area contributed by atoms with Gasteiger partial charge in [0.2, 0.25) is 0 Å². The van der Waals surface area contributed by atoms with Crippen molar-refractivity contribution in [3.8, 4) is 6.01 Å². The van der Waals surface area contributed by atoms with Crippen molar-refractivity contribution in [1.29, 1.82) is 0 Å². The highest BCUT2D eigenvalue weighted by Crippen LogP contribution is 2.25. The lowest BCUT2D eigenvalue weighted by atomic mass is 10.00. The molecule has 2 aliphatic rings. The number of nitrogens with zero attached hydrogens (tertiary/aromatic N) is 4. The van der Waals surface area contributed by atoms with Crippen LogP contribution >= 0.6 is 0 Å². The standard InChI is InChI=1S/C12H18N6O.C4H8O/c1-19-12-17-9-10(13)15-7-16-11(9)18(12)6-8-3-2-4-14-5-8;1-2-4-3-5-4/h7-8,14H,2-6H2,1H3,(H2,13,15,16);4H,2-3H2,1H3. The van der Waals surface area contributed by atoms with E-state index in [2.05, 4.69) is 27.2 Å². The molecule has 24 heavy (non-hydrogen) atoms. The summed E-state index contributed by atoms with van der Waals surface area (Å²) in [7, 11) is 1.61. The van der Waals surface area contributed by atoms with Crippen molar-refractivity contribution in [1.82, 2.24) is 24.8 Å². The quantitative estimate of drug-likeness (QED) is 0.810. The second kappa shape index (κ2) is 7.76. The lowest BCUT2D eigenvalue weighted by Crippen LogP contribution is -2.32. The maximum Gasteiger partial charge on any atom is 0.298 e. The highest BCUT2D eigenvalue weighted by atomic mass is 16.6. The van der Waals surface area contributed by atoms with Crippen molar-refractivity contribution in [3.63, 3.8) is 0 Å². The minimum absolute atomic E-state index is 0.392. The Hall–Kier alpha value is -1.93. The van der Waals surface area contributed by atoms with Gasteiger partial charge in [-0.15, -0.1) is 0 Å². The van der Waals surface area contributed by atoms with Gasteiger partial charge < -0.3 is 20.5 Å². The molecule has 0 aromatic carbocycles. The molecule has 0 aliphatic carbocycles. The number of nitrogens with one attached hydrogen (secondary N) is 1. The van der Waals surface area contributed by atoms with E-state index < -0.39 is 0 Å². The molecule has 0 amide bonds. The van der Waals surface area contributed by atoms with Gasteiger partial charge in [0.1, 0.15) is 6.33 Å². The van der Waals surface area contributed by atoms with Crippen molar-refractivity contribution in [3.05, 3.63) is 6.33 Å². The first-order chi connectivity index (χ1) is 11.7. The van der Waals surface area contributed by atoms with E-state index in [1.54, 1.807) is 7.11 Å². The fraction of sp³-hybridized carbons (Fsp3) is 0.688. The first-order valence-electron chi connectivity index (χ1n) is 8.56. The van der Waals surface area contributed by atoms with Crippen molar-refractivity contribution < 1.29 is 9.47 Å². The lowest BCUT2D eigenvalue weighted by Gasteiger charge is -2.23. The molecule has 0 radical (unpaired) electrons. The van der Waals surface area contributed by atoms with Gasteiger partial charge in [0.05, 0.1) is 19.8 Å². The number of methoxy groups -OCH3 is 1. The molecule has 2 aromatic rings. The van der Waals surface area contributed by atoms with Crippen LogP contribution in [0.2, 0.25) is 0 Å². The van der Waals surface area contributed by atoms with E-state index in [9.17, 15) is 0 Å². The summed E-state index contributed by atoms with van der Waals surface area (Å²) in [6.07, 6.45) is 5.71. The lowest BCUT2D eigenvalue weighted by molar-refractivity contribution is 0.305. The van der Waals surface area contributed by atoms with Gasteiger partial charge in [0, 0.05) is 6.54 Å². The predicted molar refractivity (Wildman–Crippen MR) is 91.9 cm³/mol. The molecule has 2 unspecified atom stereocenters. The Labute approximate surface area is 141 Å². The third-order valence-corrected chi connectivity index (χ3v) is 4.41. The Kier molecular flexibility index (Phi) is 5.47. The van der Waals surface area contributed by atoms with Crippen LogP contribution in [-0.2, 0) is 11.3 Å². The number of hydrogen-bond donors (Lipinski definition) is 2. The minimum atomic E-state index is 0.392. The number of anilines is 1. The molecule has 0 spiro atoms. The van der Waals surface area contributed by atoms with Gasteiger partial charge in [0.15, 0.2) is 17.0 Å². The number of piperidine rings is 1. The SMILES string of the molecule is CCC1CO1.COc1nc2c(N)ncnc2n1CC1CCCNC1. The van der Waals surface area contributed by atoms with Gasteiger partial charge in [-0.05, 0) is 38.3 Å². The number of nitrogen functional groups attached to an aromatic ring is 1. The molecule has 2 aromatic heterocycles. The Morgan fingerprint density at radius 1 is 1.46 bits per heavy atom. The molecule has 0 saturated carbocycles. The Bertz CT molecular complexity index is 664. The van der Waals surface area contributed by atoms with Crippen molar-refractivity contribution >= 4 is 17.0 Å². The zero-order valence-electron chi connectivity index (χ0n) is 14.4. The number of nitrogens with two attached hydrogens (primary N) is 1. The first-order valence-corrected chi connectivity index (χ1v) is 8.56. The second-order valence-electron chi connectivity index (χ2n) is 6.22. The molecular weight excluding hydrogens is 308 g/mol. The third kappa shape index (κ3) is 3.93. The highest BCUT2D eigenvalue weighted by molar-refractivity contribution is 5.82. The summed E-state index contributed by atoms with van der Waals surface area (Å²) in [5, 5.41) is 3.41. The van der Waals surface area contributed by atoms with Crippen LogP contribution in [-0.4, -0.2) is 52.4 Å². The number of aromatic nitrogens is 4.